The molecule has 0 radical (unpaired) electrons. The summed E-state index contributed by atoms with van der Waals surface area (Å²) >= 11 is 0. The zero-order valence-corrected chi connectivity index (χ0v) is 16.2. The molecule has 0 fully saturated rings. The van der Waals surface area contributed by atoms with Crippen LogP contribution in [-0.4, -0.2) is 44.1 Å². The molecule has 0 saturated carbocycles. The topological polar surface area (TPSA) is 94.2 Å². The van der Waals surface area contributed by atoms with E-state index in [0.717, 1.165) is 11.3 Å². The highest BCUT2D eigenvalue weighted by Gasteiger charge is 2.28. The first-order chi connectivity index (χ1) is 14.0. The number of esters is 1. The van der Waals surface area contributed by atoms with Crippen molar-refractivity contribution in [3.63, 3.8) is 0 Å². The van der Waals surface area contributed by atoms with Crippen LogP contribution in [0.15, 0.2) is 48.5 Å². The molecule has 1 aliphatic rings. The van der Waals surface area contributed by atoms with E-state index in [1.54, 1.807) is 43.5 Å². The van der Waals surface area contributed by atoms with Gasteiger partial charge in [0.15, 0.2) is 12.7 Å². The predicted octanol–water partition coefficient (Wildman–Crippen LogP) is 1.67. The van der Waals surface area contributed by atoms with Gasteiger partial charge in [0.2, 0.25) is 0 Å². The van der Waals surface area contributed by atoms with E-state index in [0.29, 0.717) is 18.0 Å². The highest BCUT2D eigenvalue weighted by atomic mass is 16.5. The fourth-order valence-electron chi connectivity index (χ4n) is 2.82. The number of rotatable bonds is 7. The monoisotopic (exact) mass is 398 g/mol. The Bertz CT molecular complexity index is 896. The van der Waals surface area contributed by atoms with Crippen molar-refractivity contribution in [1.29, 1.82) is 0 Å². The zero-order valence-electron chi connectivity index (χ0n) is 16.2. The molecule has 0 unspecified atom stereocenters. The normalized spacial score (nSPS) is 13.7. The average Bonchev–Trinajstić information content (AvgIpc) is 2.74. The quantitative estimate of drug-likeness (QED) is 0.713. The molecule has 29 heavy (non-hydrogen) atoms. The van der Waals surface area contributed by atoms with Gasteiger partial charge in [0.25, 0.3) is 11.8 Å². The molecule has 1 N–H and O–H groups in total. The molecule has 8 heteroatoms. The Balaban J connectivity index is 1.52. The molecule has 0 aromatic heterocycles. The largest absolute Gasteiger partial charge is 0.497 e. The lowest BCUT2D eigenvalue weighted by atomic mass is 10.2. The van der Waals surface area contributed by atoms with Crippen LogP contribution in [-0.2, 0) is 25.7 Å². The van der Waals surface area contributed by atoms with Gasteiger partial charge in [0, 0.05) is 6.54 Å². The van der Waals surface area contributed by atoms with Gasteiger partial charge in [-0.05, 0) is 36.8 Å². The third kappa shape index (κ3) is 5.04. The van der Waals surface area contributed by atoms with Crippen LogP contribution in [0.2, 0.25) is 0 Å². The van der Waals surface area contributed by atoms with Gasteiger partial charge in [-0.1, -0.05) is 24.3 Å². The fourth-order valence-corrected chi connectivity index (χ4v) is 2.82. The van der Waals surface area contributed by atoms with Gasteiger partial charge in [0.1, 0.15) is 18.0 Å². The van der Waals surface area contributed by atoms with Crippen LogP contribution in [0.25, 0.3) is 0 Å². The summed E-state index contributed by atoms with van der Waals surface area (Å²) < 4.78 is 15.6. The summed E-state index contributed by atoms with van der Waals surface area (Å²) in [5.74, 6) is -0.214. The lowest BCUT2D eigenvalue weighted by Gasteiger charge is -2.28. The molecule has 8 nitrogen and oxygen atoms in total. The van der Waals surface area contributed by atoms with Crippen molar-refractivity contribution in [2.45, 2.75) is 19.6 Å². The van der Waals surface area contributed by atoms with Crippen LogP contribution in [0, 0.1) is 0 Å². The minimum Gasteiger partial charge on any atom is -0.497 e. The van der Waals surface area contributed by atoms with Gasteiger partial charge >= 0.3 is 5.97 Å². The Hall–Kier alpha value is -3.55. The van der Waals surface area contributed by atoms with E-state index in [1.807, 2.05) is 12.1 Å². The van der Waals surface area contributed by atoms with Crippen LogP contribution < -0.4 is 19.7 Å². The average molecular weight is 398 g/mol. The number of nitrogens with one attached hydrogen (secondary N) is 1. The third-order valence-corrected chi connectivity index (χ3v) is 4.40. The number of hydrogen-bond acceptors (Lipinski definition) is 6. The maximum Gasteiger partial charge on any atom is 0.326 e. The number of fused-ring (bicyclic) bond motifs is 1. The Morgan fingerprint density at radius 2 is 1.90 bits per heavy atom. The molecule has 2 amide bonds. The van der Waals surface area contributed by atoms with E-state index in [2.05, 4.69) is 5.32 Å². The van der Waals surface area contributed by atoms with Gasteiger partial charge in [-0.2, -0.15) is 0 Å². The van der Waals surface area contributed by atoms with Crippen LogP contribution >= 0.6 is 0 Å². The van der Waals surface area contributed by atoms with Crippen LogP contribution in [0.5, 0.6) is 11.5 Å². The number of ether oxygens (including phenoxy) is 3. The van der Waals surface area contributed by atoms with E-state index >= 15 is 0 Å². The molecule has 2 aromatic carbocycles. The van der Waals surface area contributed by atoms with Gasteiger partial charge in [-0.15, -0.1) is 0 Å². The number of anilines is 1. The van der Waals surface area contributed by atoms with E-state index in [-0.39, 0.29) is 19.1 Å². The second-order valence-corrected chi connectivity index (χ2v) is 6.43. The maximum atomic E-state index is 12.3. The number of carbonyl (C=O) groups is 3. The first kappa shape index (κ1) is 20.2. The molecule has 0 bridgehead atoms. The maximum absolute atomic E-state index is 12.3. The van der Waals surface area contributed by atoms with Gasteiger partial charge in [-0.25, -0.2) is 0 Å². The zero-order chi connectivity index (χ0) is 20.8. The van der Waals surface area contributed by atoms with Crippen LogP contribution in [0.1, 0.15) is 12.5 Å². The number of methoxy groups -OCH3 is 1. The number of para-hydroxylation sites is 2. The summed E-state index contributed by atoms with van der Waals surface area (Å²) in [6.07, 6.45) is -0.993. The van der Waals surface area contributed by atoms with Crippen LogP contribution in [0.4, 0.5) is 5.69 Å². The highest BCUT2D eigenvalue weighted by molar-refractivity contribution is 6.01. The predicted molar refractivity (Wildman–Crippen MR) is 105 cm³/mol. The number of carbonyl (C=O) groups excluding carboxylic acids is 3. The summed E-state index contributed by atoms with van der Waals surface area (Å²) in [5, 5.41) is 2.71. The van der Waals surface area contributed by atoms with Crippen molar-refractivity contribution in [3.8, 4) is 11.5 Å². The lowest BCUT2D eigenvalue weighted by Crippen LogP contribution is -2.44. The first-order valence-corrected chi connectivity index (χ1v) is 9.10. The first-order valence-electron chi connectivity index (χ1n) is 9.10. The van der Waals surface area contributed by atoms with Gasteiger partial charge in [-0.3, -0.25) is 19.3 Å². The molecular weight excluding hydrogens is 376 g/mol. The van der Waals surface area contributed by atoms with Crippen molar-refractivity contribution < 1.29 is 28.6 Å². The van der Waals surface area contributed by atoms with E-state index in [1.165, 1.54) is 11.8 Å². The Labute approximate surface area is 168 Å². The van der Waals surface area contributed by atoms with Crippen molar-refractivity contribution in [1.82, 2.24) is 5.32 Å². The Morgan fingerprint density at radius 1 is 1.17 bits per heavy atom. The van der Waals surface area contributed by atoms with Crippen molar-refractivity contribution in [3.05, 3.63) is 54.1 Å². The highest BCUT2D eigenvalue weighted by Crippen LogP contribution is 2.31. The van der Waals surface area contributed by atoms with Crippen molar-refractivity contribution in [2.75, 3.05) is 25.2 Å². The number of nitrogens with zero attached hydrogens (tertiary/aromatic N) is 1. The van der Waals surface area contributed by atoms with Crippen molar-refractivity contribution in [2.24, 2.45) is 0 Å². The number of amides is 2. The third-order valence-electron chi connectivity index (χ3n) is 4.40. The van der Waals surface area contributed by atoms with Gasteiger partial charge < -0.3 is 19.5 Å². The Morgan fingerprint density at radius 3 is 2.62 bits per heavy atom. The molecule has 0 spiro atoms. The van der Waals surface area contributed by atoms with Crippen LogP contribution in [0.3, 0.4) is 0 Å². The summed E-state index contributed by atoms with van der Waals surface area (Å²) in [6, 6.07) is 14.2. The van der Waals surface area contributed by atoms with Gasteiger partial charge in [0.05, 0.1) is 12.8 Å². The molecule has 1 heterocycles. The minimum absolute atomic E-state index is 0.151. The summed E-state index contributed by atoms with van der Waals surface area (Å²) in [7, 11) is 1.58. The molecule has 1 atom stereocenters. The summed E-state index contributed by atoms with van der Waals surface area (Å²) in [5.41, 5.74) is 1.38. The molecule has 0 saturated heterocycles. The smallest absolute Gasteiger partial charge is 0.326 e. The molecular formula is C21H22N2O6. The fraction of sp³-hybridized carbons (Fsp3) is 0.286. The molecule has 1 aliphatic heterocycles. The van der Waals surface area contributed by atoms with E-state index in [4.69, 9.17) is 14.2 Å². The molecule has 0 aliphatic carbocycles. The SMILES string of the molecule is COc1ccc(CNC(=O)[C@@H](C)OC(=O)CN2C(=O)COc3ccccc32)cc1. The van der Waals surface area contributed by atoms with Crippen molar-refractivity contribution >= 4 is 23.5 Å². The van der Waals surface area contributed by atoms with E-state index in [9.17, 15) is 14.4 Å². The Kier molecular flexibility index (Phi) is 6.33. The molecule has 2 aromatic rings. The summed E-state index contributed by atoms with van der Waals surface area (Å²) in [6.45, 7) is 1.33. The lowest BCUT2D eigenvalue weighted by molar-refractivity contribution is -0.154. The second kappa shape index (κ2) is 9.09. The summed E-state index contributed by atoms with van der Waals surface area (Å²) in [4.78, 5) is 37.9. The standard InChI is InChI=1S/C21H22N2O6/c1-14(21(26)22-11-15-7-9-16(27-2)10-8-15)29-20(25)12-23-17-5-3-4-6-18(17)28-13-19(23)24/h3-10,14H,11-13H2,1-2H3,(H,22,26)/t14-/m1/s1. The number of hydrogen-bond donors (Lipinski definition) is 1. The minimum atomic E-state index is -0.993. The molecule has 3 rings (SSSR count). The molecule has 152 valence electrons. The van der Waals surface area contributed by atoms with E-state index < -0.39 is 18.0 Å². The second-order valence-electron chi connectivity index (χ2n) is 6.43. The number of benzene rings is 2.